The second-order valence-electron chi connectivity index (χ2n) is 6.06. The van der Waals surface area contributed by atoms with E-state index in [0.29, 0.717) is 11.5 Å². The van der Waals surface area contributed by atoms with Crippen molar-refractivity contribution in [3.63, 3.8) is 0 Å². The van der Waals surface area contributed by atoms with E-state index in [1.165, 1.54) is 5.01 Å². The van der Waals surface area contributed by atoms with Crippen LogP contribution in [-0.4, -0.2) is 24.4 Å². The summed E-state index contributed by atoms with van der Waals surface area (Å²) in [6.45, 7) is 2.13. The minimum Gasteiger partial charge on any atom is -0.317 e. The molecule has 2 N–H and O–H groups in total. The van der Waals surface area contributed by atoms with Gasteiger partial charge in [-0.05, 0) is 37.6 Å². The number of benzene rings is 1. The van der Waals surface area contributed by atoms with Gasteiger partial charge in [0.2, 0.25) is 0 Å². The van der Waals surface area contributed by atoms with Gasteiger partial charge in [-0.15, -0.1) is 11.3 Å². The molecule has 6 heteroatoms. The summed E-state index contributed by atoms with van der Waals surface area (Å²) in [5, 5.41) is 6.66. The maximum absolute atomic E-state index is 11.2. The minimum atomic E-state index is -0.273. The van der Waals surface area contributed by atoms with E-state index in [0.717, 1.165) is 49.2 Å². The van der Waals surface area contributed by atoms with E-state index in [1.54, 1.807) is 17.4 Å². The van der Waals surface area contributed by atoms with Gasteiger partial charge in [0.1, 0.15) is 12.4 Å². The van der Waals surface area contributed by atoms with Crippen LogP contribution in [0.2, 0.25) is 0 Å². The lowest BCUT2D eigenvalue weighted by Crippen LogP contribution is -2.26. The van der Waals surface area contributed by atoms with Crippen LogP contribution in [0.25, 0.3) is 5.70 Å². The summed E-state index contributed by atoms with van der Waals surface area (Å²) in [7, 11) is 0. The first-order chi connectivity index (χ1) is 11.8. The second kappa shape index (κ2) is 6.84. The molecule has 0 radical (unpaired) electrons. The third-order valence-corrected chi connectivity index (χ3v) is 5.54. The van der Waals surface area contributed by atoms with Gasteiger partial charge in [0, 0.05) is 16.9 Å². The van der Waals surface area contributed by atoms with Crippen LogP contribution in [0.3, 0.4) is 0 Å². The standard InChI is InChI=1S/C18H19N3O2S/c22-10-13-3-1-2-4-14(13)17-9-15(21-23-17)16-11-24-18(20-16)12-5-7-19-8-6-12/h1-4,9-12,17,19,21H,5-8H2. The Hall–Kier alpha value is -2.02. The molecule has 2 aliphatic heterocycles. The highest BCUT2D eigenvalue weighted by Gasteiger charge is 2.24. The fourth-order valence-corrected chi connectivity index (χ4v) is 4.17. The molecule has 2 aliphatic rings. The van der Waals surface area contributed by atoms with E-state index in [9.17, 15) is 4.79 Å². The molecule has 0 aliphatic carbocycles. The summed E-state index contributed by atoms with van der Waals surface area (Å²) in [6, 6.07) is 7.48. The first kappa shape index (κ1) is 15.5. The molecule has 0 spiro atoms. The average Bonchev–Trinajstić information content (AvgIpc) is 3.32. The van der Waals surface area contributed by atoms with Crippen LogP contribution in [0.1, 0.15) is 51.5 Å². The van der Waals surface area contributed by atoms with Crippen molar-refractivity contribution in [3.8, 4) is 0 Å². The van der Waals surface area contributed by atoms with Gasteiger partial charge < -0.3 is 5.32 Å². The molecule has 0 saturated carbocycles. The van der Waals surface area contributed by atoms with E-state index in [-0.39, 0.29) is 6.10 Å². The number of carbonyl (C=O) groups is 1. The Labute approximate surface area is 144 Å². The molecule has 1 aromatic heterocycles. The van der Waals surface area contributed by atoms with Crippen molar-refractivity contribution in [1.29, 1.82) is 0 Å². The van der Waals surface area contributed by atoms with Crippen LogP contribution in [0, 0.1) is 0 Å². The van der Waals surface area contributed by atoms with Crippen LogP contribution in [0.15, 0.2) is 35.7 Å². The molecule has 3 heterocycles. The Morgan fingerprint density at radius 2 is 2.08 bits per heavy atom. The van der Waals surface area contributed by atoms with Crippen LogP contribution < -0.4 is 10.8 Å². The van der Waals surface area contributed by atoms with E-state index >= 15 is 0 Å². The Morgan fingerprint density at radius 3 is 2.92 bits per heavy atom. The summed E-state index contributed by atoms with van der Waals surface area (Å²) >= 11 is 1.72. The number of carbonyl (C=O) groups excluding carboxylic acids is 1. The SMILES string of the molecule is O=Cc1ccccc1C1C=C(c2csc(C3CCNCC3)n2)NO1. The molecule has 1 saturated heterocycles. The topological polar surface area (TPSA) is 63.2 Å². The molecular formula is C18H19N3O2S. The van der Waals surface area contributed by atoms with Crippen molar-refractivity contribution in [1.82, 2.24) is 15.8 Å². The molecule has 0 bridgehead atoms. The van der Waals surface area contributed by atoms with Crippen molar-refractivity contribution >= 4 is 23.3 Å². The van der Waals surface area contributed by atoms with Gasteiger partial charge in [0.05, 0.1) is 16.4 Å². The summed E-state index contributed by atoms with van der Waals surface area (Å²) in [6.07, 6.45) is 4.87. The predicted octanol–water partition coefficient (Wildman–Crippen LogP) is 3.04. The smallest absolute Gasteiger partial charge is 0.150 e. The number of nitrogens with one attached hydrogen (secondary N) is 2. The number of aldehydes is 1. The molecule has 1 aromatic carbocycles. The lowest BCUT2D eigenvalue weighted by atomic mass is 9.99. The number of piperidine rings is 1. The number of hydrogen-bond acceptors (Lipinski definition) is 6. The summed E-state index contributed by atoms with van der Waals surface area (Å²) < 4.78 is 0. The minimum absolute atomic E-state index is 0.273. The Bertz CT molecular complexity index is 765. The predicted molar refractivity (Wildman–Crippen MR) is 93.7 cm³/mol. The number of rotatable bonds is 4. The van der Waals surface area contributed by atoms with E-state index in [2.05, 4.69) is 16.2 Å². The quantitative estimate of drug-likeness (QED) is 0.837. The van der Waals surface area contributed by atoms with Crippen molar-refractivity contribution < 1.29 is 9.63 Å². The molecule has 0 amide bonds. The lowest BCUT2D eigenvalue weighted by Gasteiger charge is -2.20. The molecule has 5 nitrogen and oxygen atoms in total. The molecule has 1 atom stereocenters. The Kier molecular flexibility index (Phi) is 4.42. The van der Waals surface area contributed by atoms with Gasteiger partial charge in [0.25, 0.3) is 0 Å². The van der Waals surface area contributed by atoms with E-state index < -0.39 is 0 Å². The zero-order valence-electron chi connectivity index (χ0n) is 13.2. The maximum Gasteiger partial charge on any atom is 0.150 e. The number of nitrogens with zero attached hydrogens (tertiary/aromatic N) is 1. The van der Waals surface area contributed by atoms with Gasteiger partial charge >= 0.3 is 0 Å². The average molecular weight is 341 g/mol. The first-order valence-corrected chi connectivity index (χ1v) is 9.07. The Morgan fingerprint density at radius 1 is 1.25 bits per heavy atom. The van der Waals surface area contributed by atoms with Crippen molar-refractivity contribution in [2.45, 2.75) is 24.9 Å². The van der Waals surface area contributed by atoms with Gasteiger partial charge in [-0.3, -0.25) is 15.1 Å². The first-order valence-electron chi connectivity index (χ1n) is 8.19. The fraction of sp³-hybridized carbons (Fsp3) is 0.333. The second-order valence-corrected chi connectivity index (χ2v) is 6.95. The normalized spacial score (nSPS) is 21.3. The highest BCUT2D eigenvalue weighted by molar-refractivity contribution is 7.09. The van der Waals surface area contributed by atoms with Gasteiger partial charge in [-0.25, -0.2) is 4.98 Å². The maximum atomic E-state index is 11.2. The van der Waals surface area contributed by atoms with Gasteiger partial charge in [0.15, 0.2) is 0 Å². The van der Waals surface area contributed by atoms with Gasteiger partial charge in [-0.2, -0.15) is 0 Å². The van der Waals surface area contributed by atoms with Crippen LogP contribution in [-0.2, 0) is 4.84 Å². The third-order valence-electron chi connectivity index (χ3n) is 4.53. The third kappa shape index (κ3) is 3.00. The summed E-state index contributed by atoms with van der Waals surface area (Å²) in [5.41, 5.74) is 6.27. The van der Waals surface area contributed by atoms with Crippen LogP contribution in [0.4, 0.5) is 0 Å². The van der Waals surface area contributed by atoms with Gasteiger partial charge in [-0.1, -0.05) is 24.3 Å². The van der Waals surface area contributed by atoms with Crippen LogP contribution in [0.5, 0.6) is 0 Å². The molecule has 1 fully saturated rings. The zero-order chi connectivity index (χ0) is 16.4. The molecule has 4 rings (SSSR count). The fourth-order valence-electron chi connectivity index (χ4n) is 3.18. The van der Waals surface area contributed by atoms with Crippen molar-refractivity contribution in [2.24, 2.45) is 0 Å². The highest BCUT2D eigenvalue weighted by Crippen LogP contribution is 2.33. The largest absolute Gasteiger partial charge is 0.317 e. The molecule has 24 heavy (non-hydrogen) atoms. The summed E-state index contributed by atoms with van der Waals surface area (Å²) in [4.78, 5) is 21.7. The molecule has 2 aromatic rings. The monoisotopic (exact) mass is 341 g/mol. The number of hydroxylamine groups is 1. The number of thiazole rings is 1. The Balaban J connectivity index is 1.55. The lowest BCUT2D eigenvalue weighted by molar-refractivity contribution is 0.0505. The number of aromatic nitrogens is 1. The molecule has 1 unspecified atom stereocenters. The van der Waals surface area contributed by atoms with Crippen molar-refractivity contribution in [2.75, 3.05) is 13.1 Å². The number of hydrogen-bond donors (Lipinski definition) is 2. The van der Waals surface area contributed by atoms with E-state index in [1.807, 2.05) is 24.3 Å². The van der Waals surface area contributed by atoms with E-state index in [4.69, 9.17) is 9.82 Å². The van der Waals surface area contributed by atoms with Crippen molar-refractivity contribution in [3.05, 3.63) is 57.6 Å². The zero-order valence-corrected chi connectivity index (χ0v) is 14.0. The van der Waals surface area contributed by atoms with Crippen LogP contribution >= 0.6 is 11.3 Å². The molecular weight excluding hydrogens is 322 g/mol. The molecule has 124 valence electrons. The summed E-state index contributed by atoms with van der Waals surface area (Å²) in [5.74, 6) is 0.555. The highest BCUT2D eigenvalue weighted by atomic mass is 32.1.